The molecule has 1 fully saturated rings. The number of pyridine rings is 1. The lowest BCUT2D eigenvalue weighted by atomic mass is 10.2. The first-order chi connectivity index (χ1) is 8.22. The number of nitrogens with zero attached hydrogens (tertiary/aromatic N) is 1. The van der Waals surface area contributed by atoms with E-state index in [2.05, 4.69) is 32.9 Å². The molecule has 92 valence electrons. The van der Waals surface area contributed by atoms with Crippen molar-refractivity contribution < 1.29 is 4.74 Å². The number of hydrogen-bond donors (Lipinski definition) is 2. The summed E-state index contributed by atoms with van der Waals surface area (Å²) in [4.78, 5) is 4.22. The van der Waals surface area contributed by atoms with Gasteiger partial charge < -0.3 is 15.5 Å². The van der Waals surface area contributed by atoms with Gasteiger partial charge in [0.25, 0.3) is 0 Å². The molecule has 0 aliphatic carbocycles. The van der Waals surface area contributed by atoms with Crippen LogP contribution in [-0.4, -0.2) is 24.0 Å². The van der Waals surface area contributed by atoms with Gasteiger partial charge in [0, 0.05) is 28.2 Å². The van der Waals surface area contributed by atoms with Crippen LogP contribution in [0.15, 0.2) is 6.20 Å². The lowest BCUT2D eigenvalue weighted by Crippen LogP contribution is -2.28. The highest BCUT2D eigenvalue weighted by atomic mass is 127. The lowest BCUT2D eigenvalue weighted by molar-refractivity contribution is 0.0341. The summed E-state index contributed by atoms with van der Waals surface area (Å²) < 4.78 is 6.43. The molecule has 1 aromatic heterocycles. The minimum atomic E-state index is -0.00748. The van der Waals surface area contributed by atoms with Gasteiger partial charge in [-0.1, -0.05) is 11.6 Å². The molecule has 1 saturated heterocycles. The molecule has 1 atom stereocenters. The Balaban J connectivity index is 2.19. The van der Waals surface area contributed by atoms with Gasteiger partial charge in [-0.3, -0.25) is 0 Å². The van der Waals surface area contributed by atoms with Crippen molar-refractivity contribution in [2.45, 2.75) is 25.5 Å². The summed E-state index contributed by atoms with van der Waals surface area (Å²) >= 11 is 8.10. The Bertz CT molecular complexity index is 421. The number of aromatic nitrogens is 1. The fourth-order valence-corrected chi connectivity index (χ4v) is 2.43. The topological polar surface area (TPSA) is 58.0 Å². The Morgan fingerprint density at radius 3 is 3.06 bits per heavy atom. The number of nitrogens with one attached hydrogen (secondary N) is 2. The van der Waals surface area contributed by atoms with E-state index in [1.54, 1.807) is 6.20 Å². The van der Waals surface area contributed by atoms with Gasteiger partial charge in [0.15, 0.2) is 0 Å². The monoisotopic (exact) mass is 365 g/mol. The van der Waals surface area contributed by atoms with Crippen LogP contribution in [0.5, 0.6) is 0 Å². The largest absolute Gasteiger partial charge is 0.359 e. The summed E-state index contributed by atoms with van der Waals surface area (Å²) in [6.45, 7) is 0.780. The van der Waals surface area contributed by atoms with Crippen LogP contribution in [0.3, 0.4) is 0 Å². The van der Waals surface area contributed by atoms with Crippen LogP contribution in [0.2, 0.25) is 5.02 Å². The molecule has 0 aromatic carbocycles. The molecular formula is C11H13ClIN3O. The predicted octanol–water partition coefficient (Wildman–Crippen LogP) is 3.28. The number of ether oxygens (including phenoxy) is 1. The third-order valence-electron chi connectivity index (χ3n) is 2.63. The van der Waals surface area contributed by atoms with Crippen molar-refractivity contribution in [1.29, 1.82) is 5.41 Å². The summed E-state index contributed by atoms with van der Waals surface area (Å²) in [5.41, 5.74) is 0.715. The quantitative estimate of drug-likeness (QED) is 0.638. The highest BCUT2D eigenvalue weighted by Crippen LogP contribution is 2.26. The molecule has 0 saturated carbocycles. The van der Waals surface area contributed by atoms with Gasteiger partial charge >= 0.3 is 0 Å². The Labute approximate surface area is 119 Å². The van der Waals surface area contributed by atoms with Crippen molar-refractivity contribution in [1.82, 2.24) is 4.98 Å². The first-order valence-electron chi connectivity index (χ1n) is 5.45. The minimum absolute atomic E-state index is 0.00748. The minimum Gasteiger partial charge on any atom is -0.359 e. The van der Waals surface area contributed by atoms with Crippen LogP contribution < -0.4 is 5.32 Å². The first-order valence-corrected chi connectivity index (χ1v) is 6.90. The van der Waals surface area contributed by atoms with Gasteiger partial charge in [-0.15, -0.1) is 0 Å². The van der Waals surface area contributed by atoms with E-state index in [0.717, 1.165) is 29.4 Å². The summed E-state index contributed by atoms with van der Waals surface area (Å²) in [5.74, 6) is 0.667. The van der Waals surface area contributed by atoms with E-state index in [0.29, 0.717) is 16.4 Å². The van der Waals surface area contributed by atoms with Gasteiger partial charge in [-0.05, 0) is 41.9 Å². The van der Waals surface area contributed by atoms with Crippen LogP contribution in [-0.2, 0) is 4.74 Å². The molecule has 6 heteroatoms. The second-order valence-electron chi connectivity index (χ2n) is 3.83. The second-order valence-corrected chi connectivity index (χ2v) is 5.31. The molecule has 1 aromatic rings. The van der Waals surface area contributed by atoms with E-state index in [4.69, 9.17) is 21.7 Å². The van der Waals surface area contributed by atoms with E-state index in [1.807, 2.05) is 0 Å². The molecular weight excluding hydrogens is 352 g/mol. The van der Waals surface area contributed by atoms with Gasteiger partial charge in [0.05, 0.1) is 5.02 Å². The Morgan fingerprint density at radius 2 is 2.41 bits per heavy atom. The molecule has 0 bridgehead atoms. The summed E-state index contributed by atoms with van der Waals surface area (Å²) in [7, 11) is 0. The zero-order chi connectivity index (χ0) is 12.3. The molecule has 0 radical (unpaired) electrons. The Kier molecular flexibility index (Phi) is 4.58. The average Bonchev–Trinajstić information content (AvgIpc) is 2.36. The predicted molar refractivity (Wildman–Crippen MR) is 77.1 cm³/mol. The summed E-state index contributed by atoms with van der Waals surface area (Å²) in [5, 5.41) is 11.2. The molecule has 17 heavy (non-hydrogen) atoms. The number of rotatable bonds is 3. The maximum Gasteiger partial charge on any atom is 0.137 e. The van der Waals surface area contributed by atoms with Crippen LogP contribution in [0.25, 0.3) is 0 Å². The molecule has 2 heterocycles. The molecule has 1 aliphatic rings. The van der Waals surface area contributed by atoms with E-state index >= 15 is 0 Å². The Hall–Kier alpha value is -0.400. The molecule has 0 amide bonds. The fraction of sp³-hybridized carbons (Fsp3) is 0.455. The van der Waals surface area contributed by atoms with E-state index < -0.39 is 0 Å². The van der Waals surface area contributed by atoms with Crippen LogP contribution in [0.4, 0.5) is 5.82 Å². The van der Waals surface area contributed by atoms with Crippen molar-refractivity contribution in [2.24, 2.45) is 0 Å². The van der Waals surface area contributed by atoms with Gasteiger partial charge in [0.1, 0.15) is 12.0 Å². The van der Waals surface area contributed by atoms with Crippen LogP contribution in [0, 0.1) is 8.98 Å². The highest BCUT2D eigenvalue weighted by Gasteiger charge is 2.17. The van der Waals surface area contributed by atoms with Crippen LogP contribution >= 0.6 is 34.2 Å². The molecule has 0 spiro atoms. The van der Waals surface area contributed by atoms with Gasteiger partial charge in [0.2, 0.25) is 0 Å². The van der Waals surface area contributed by atoms with E-state index in [9.17, 15) is 0 Å². The van der Waals surface area contributed by atoms with Crippen molar-refractivity contribution in [3.8, 4) is 0 Å². The summed E-state index contributed by atoms with van der Waals surface area (Å²) in [6, 6.07) is 0. The van der Waals surface area contributed by atoms with E-state index in [1.165, 1.54) is 6.21 Å². The normalized spacial score (nSPS) is 20.0. The first kappa shape index (κ1) is 13.0. The summed E-state index contributed by atoms with van der Waals surface area (Å²) in [6.07, 6.45) is 6.10. The highest BCUT2D eigenvalue weighted by molar-refractivity contribution is 14.1. The number of hydrogen-bond acceptors (Lipinski definition) is 4. The zero-order valence-corrected chi connectivity index (χ0v) is 12.1. The lowest BCUT2D eigenvalue weighted by Gasteiger charge is -2.24. The van der Waals surface area contributed by atoms with Crippen molar-refractivity contribution in [3.63, 3.8) is 0 Å². The maximum absolute atomic E-state index is 7.43. The zero-order valence-electron chi connectivity index (χ0n) is 9.17. The van der Waals surface area contributed by atoms with E-state index in [-0.39, 0.29) is 6.23 Å². The number of anilines is 1. The van der Waals surface area contributed by atoms with Gasteiger partial charge in [-0.2, -0.15) is 0 Å². The average molecular weight is 366 g/mol. The molecule has 2 N–H and O–H groups in total. The smallest absolute Gasteiger partial charge is 0.137 e. The molecule has 1 aliphatic heterocycles. The van der Waals surface area contributed by atoms with Crippen molar-refractivity contribution in [3.05, 3.63) is 20.4 Å². The second kappa shape index (κ2) is 5.97. The molecule has 4 nitrogen and oxygen atoms in total. The Morgan fingerprint density at radius 1 is 1.59 bits per heavy atom. The van der Waals surface area contributed by atoms with Gasteiger partial charge in [-0.25, -0.2) is 4.98 Å². The standard InChI is InChI=1S/C11H13ClIN3O/c12-8-6-15-11(7(5-14)10(8)13)16-9-3-1-2-4-17-9/h5-6,9,14H,1-4H2,(H,15,16). The molecule has 2 rings (SSSR count). The van der Waals surface area contributed by atoms with Crippen molar-refractivity contribution >= 4 is 46.2 Å². The van der Waals surface area contributed by atoms with Crippen LogP contribution in [0.1, 0.15) is 24.8 Å². The number of halogens is 2. The third-order valence-corrected chi connectivity index (χ3v) is 4.40. The fourth-order valence-electron chi connectivity index (χ4n) is 1.73. The third kappa shape index (κ3) is 3.08. The maximum atomic E-state index is 7.43. The SMILES string of the molecule is N=Cc1c(NC2CCCCO2)ncc(Cl)c1I. The molecule has 1 unspecified atom stereocenters. The van der Waals surface area contributed by atoms with Crippen molar-refractivity contribution in [2.75, 3.05) is 11.9 Å².